The molecule has 106 valence electrons. The smallest absolute Gasteiger partial charge is 0.332 e. The minimum Gasteiger partial charge on any atom is -0.479 e. The van der Waals surface area contributed by atoms with Crippen LogP contribution in [-0.4, -0.2) is 59.0 Å². The van der Waals surface area contributed by atoms with Crippen LogP contribution in [0.25, 0.3) is 0 Å². The summed E-state index contributed by atoms with van der Waals surface area (Å²) in [6.07, 6.45) is -1.67. The molecule has 1 saturated heterocycles. The average molecular weight is 273 g/mol. The molecule has 2 unspecified atom stereocenters. The third kappa shape index (κ3) is 4.21. The van der Waals surface area contributed by atoms with E-state index in [-0.39, 0.29) is 12.8 Å². The van der Waals surface area contributed by atoms with Crippen molar-refractivity contribution >= 4 is 23.7 Å². The standard InChI is InChI=1S/C10H15N3O6/c11-7(14)3-13(4-8(12)15)9(16)5-1-2-6(19-5)10(17)18/h5-6H,1-4H2,(H2,11,14)(H2,12,15)(H,17,18). The van der Waals surface area contributed by atoms with Crippen LogP contribution in [0.3, 0.4) is 0 Å². The highest BCUT2D eigenvalue weighted by atomic mass is 16.5. The molecule has 19 heavy (non-hydrogen) atoms. The first-order valence-corrected chi connectivity index (χ1v) is 5.55. The van der Waals surface area contributed by atoms with Crippen molar-refractivity contribution in [1.29, 1.82) is 0 Å². The second-order valence-corrected chi connectivity index (χ2v) is 4.16. The number of primary amides is 2. The van der Waals surface area contributed by atoms with E-state index < -0.39 is 49.0 Å². The molecule has 0 spiro atoms. The monoisotopic (exact) mass is 273 g/mol. The highest BCUT2D eigenvalue weighted by Crippen LogP contribution is 2.21. The molecule has 0 aromatic carbocycles. The number of carbonyl (C=O) groups is 4. The quantitative estimate of drug-likeness (QED) is 0.483. The first-order valence-electron chi connectivity index (χ1n) is 5.55. The van der Waals surface area contributed by atoms with E-state index in [9.17, 15) is 19.2 Å². The van der Waals surface area contributed by atoms with Gasteiger partial charge in [-0.15, -0.1) is 0 Å². The van der Waals surface area contributed by atoms with Crippen LogP contribution in [0.2, 0.25) is 0 Å². The Balaban J connectivity index is 2.69. The van der Waals surface area contributed by atoms with Crippen molar-refractivity contribution in [2.45, 2.75) is 25.0 Å². The molecule has 1 aliphatic rings. The van der Waals surface area contributed by atoms with Crippen LogP contribution in [0.1, 0.15) is 12.8 Å². The van der Waals surface area contributed by atoms with Crippen molar-refractivity contribution in [3.63, 3.8) is 0 Å². The number of nitrogens with zero attached hydrogens (tertiary/aromatic N) is 1. The SMILES string of the molecule is NC(=O)CN(CC(N)=O)C(=O)C1CCC(C(=O)O)O1. The Bertz CT molecular complexity index is 394. The molecule has 9 nitrogen and oxygen atoms in total. The van der Waals surface area contributed by atoms with Crippen LogP contribution in [0, 0.1) is 0 Å². The molecule has 0 saturated carbocycles. The topological polar surface area (TPSA) is 153 Å². The van der Waals surface area contributed by atoms with Gasteiger partial charge in [-0.05, 0) is 12.8 Å². The summed E-state index contributed by atoms with van der Waals surface area (Å²) in [4.78, 5) is 45.2. The lowest BCUT2D eigenvalue weighted by atomic mass is 10.2. The van der Waals surface area contributed by atoms with Crippen LogP contribution < -0.4 is 11.5 Å². The summed E-state index contributed by atoms with van der Waals surface area (Å²) in [5.74, 6) is -3.43. The first kappa shape index (κ1) is 14.9. The van der Waals surface area contributed by atoms with E-state index in [1.54, 1.807) is 0 Å². The van der Waals surface area contributed by atoms with Crippen molar-refractivity contribution in [1.82, 2.24) is 4.90 Å². The largest absolute Gasteiger partial charge is 0.479 e. The molecule has 3 amide bonds. The first-order chi connectivity index (χ1) is 8.81. The number of carboxylic acids is 1. The van der Waals surface area contributed by atoms with E-state index >= 15 is 0 Å². The number of carbonyl (C=O) groups excluding carboxylic acids is 3. The molecule has 0 aromatic rings. The van der Waals surface area contributed by atoms with Gasteiger partial charge in [0.05, 0.1) is 13.1 Å². The zero-order chi connectivity index (χ0) is 14.6. The number of nitrogens with two attached hydrogens (primary N) is 2. The van der Waals surface area contributed by atoms with Gasteiger partial charge >= 0.3 is 5.97 Å². The summed E-state index contributed by atoms with van der Waals surface area (Å²) in [6.45, 7) is -0.946. The fourth-order valence-corrected chi connectivity index (χ4v) is 1.79. The molecule has 0 aromatic heterocycles. The second-order valence-electron chi connectivity index (χ2n) is 4.16. The zero-order valence-corrected chi connectivity index (χ0v) is 10.1. The Hall–Kier alpha value is -2.16. The molecule has 2 atom stereocenters. The maximum absolute atomic E-state index is 12.0. The molecule has 0 radical (unpaired) electrons. The van der Waals surface area contributed by atoms with E-state index in [1.807, 2.05) is 0 Å². The maximum atomic E-state index is 12.0. The molecular formula is C10H15N3O6. The highest BCUT2D eigenvalue weighted by Gasteiger charge is 2.37. The second kappa shape index (κ2) is 6.14. The number of aliphatic carboxylic acids is 1. The molecule has 0 bridgehead atoms. The molecular weight excluding hydrogens is 258 g/mol. The Morgan fingerprint density at radius 1 is 1.05 bits per heavy atom. The molecule has 1 fully saturated rings. The van der Waals surface area contributed by atoms with Crippen molar-refractivity contribution in [2.24, 2.45) is 11.5 Å². The third-order valence-corrected chi connectivity index (χ3v) is 2.58. The van der Waals surface area contributed by atoms with Gasteiger partial charge in [-0.25, -0.2) is 4.79 Å². The minimum atomic E-state index is -1.16. The van der Waals surface area contributed by atoms with E-state index in [1.165, 1.54) is 0 Å². The third-order valence-electron chi connectivity index (χ3n) is 2.58. The number of hydrogen-bond donors (Lipinski definition) is 3. The summed E-state index contributed by atoms with van der Waals surface area (Å²) in [7, 11) is 0. The van der Waals surface area contributed by atoms with Crippen molar-refractivity contribution < 1.29 is 29.0 Å². The molecule has 0 aliphatic carbocycles. The van der Waals surface area contributed by atoms with Crippen molar-refractivity contribution in [3.8, 4) is 0 Å². The average Bonchev–Trinajstić information content (AvgIpc) is 2.75. The Kier molecular flexibility index (Phi) is 4.81. The molecule has 1 rings (SSSR count). The van der Waals surface area contributed by atoms with E-state index in [0.29, 0.717) is 0 Å². The predicted octanol–water partition coefficient (Wildman–Crippen LogP) is -2.58. The van der Waals surface area contributed by atoms with Gasteiger partial charge in [0.25, 0.3) is 5.91 Å². The van der Waals surface area contributed by atoms with Crippen LogP contribution in [0.4, 0.5) is 0 Å². The molecule has 1 heterocycles. The van der Waals surface area contributed by atoms with Gasteiger partial charge in [-0.2, -0.15) is 0 Å². The summed E-state index contributed by atoms with van der Waals surface area (Å²) < 4.78 is 5.03. The summed E-state index contributed by atoms with van der Waals surface area (Å²) in [5.41, 5.74) is 9.92. The van der Waals surface area contributed by atoms with Gasteiger partial charge in [0.1, 0.15) is 6.10 Å². The molecule has 5 N–H and O–H groups in total. The number of carboxylic acid groups (broad SMARTS) is 1. The Morgan fingerprint density at radius 3 is 1.89 bits per heavy atom. The zero-order valence-electron chi connectivity index (χ0n) is 10.1. The fourth-order valence-electron chi connectivity index (χ4n) is 1.79. The van der Waals surface area contributed by atoms with Gasteiger partial charge in [0.15, 0.2) is 6.10 Å². The van der Waals surface area contributed by atoms with E-state index in [4.69, 9.17) is 21.3 Å². The Morgan fingerprint density at radius 2 is 1.53 bits per heavy atom. The number of amides is 3. The van der Waals surface area contributed by atoms with Crippen LogP contribution >= 0.6 is 0 Å². The summed E-state index contributed by atoms with van der Waals surface area (Å²) in [5, 5.41) is 8.74. The fraction of sp³-hybridized carbons (Fsp3) is 0.600. The number of hydrogen-bond acceptors (Lipinski definition) is 5. The van der Waals surface area contributed by atoms with Gasteiger partial charge in [-0.1, -0.05) is 0 Å². The van der Waals surface area contributed by atoms with Crippen LogP contribution in [0.15, 0.2) is 0 Å². The van der Waals surface area contributed by atoms with E-state index in [2.05, 4.69) is 0 Å². The molecule has 9 heteroatoms. The van der Waals surface area contributed by atoms with Crippen molar-refractivity contribution in [2.75, 3.05) is 13.1 Å². The predicted molar refractivity (Wildman–Crippen MR) is 60.5 cm³/mol. The summed E-state index contributed by atoms with van der Waals surface area (Å²) >= 11 is 0. The van der Waals surface area contributed by atoms with Gasteiger partial charge in [-0.3, -0.25) is 14.4 Å². The van der Waals surface area contributed by atoms with Crippen LogP contribution in [0.5, 0.6) is 0 Å². The minimum absolute atomic E-state index is 0.187. The van der Waals surface area contributed by atoms with Gasteiger partial charge < -0.3 is 26.2 Å². The lowest BCUT2D eigenvalue weighted by Gasteiger charge is -2.22. The number of ether oxygens (including phenoxy) is 1. The van der Waals surface area contributed by atoms with Crippen LogP contribution in [-0.2, 0) is 23.9 Å². The van der Waals surface area contributed by atoms with Crippen molar-refractivity contribution in [3.05, 3.63) is 0 Å². The Labute approximate surface area is 108 Å². The lowest BCUT2D eigenvalue weighted by molar-refractivity contribution is -0.156. The van der Waals surface area contributed by atoms with E-state index in [0.717, 1.165) is 4.90 Å². The maximum Gasteiger partial charge on any atom is 0.332 e. The highest BCUT2D eigenvalue weighted by molar-refractivity contribution is 5.90. The normalized spacial score (nSPS) is 21.9. The number of rotatable bonds is 6. The summed E-state index contributed by atoms with van der Waals surface area (Å²) in [6, 6.07) is 0. The lowest BCUT2D eigenvalue weighted by Crippen LogP contribution is -2.47. The van der Waals surface area contributed by atoms with Gasteiger partial charge in [0.2, 0.25) is 11.8 Å². The van der Waals surface area contributed by atoms with Gasteiger partial charge in [0, 0.05) is 0 Å². The molecule has 1 aliphatic heterocycles.